The third-order valence-electron chi connectivity index (χ3n) is 1.06. The molecule has 1 N–H and O–H groups in total. The number of halogens is 3. The van der Waals surface area contributed by atoms with Gasteiger partial charge in [0.15, 0.2) is 6.29 Å². The monoisotopic (exact) mass is 278 g/mol. The van der Waals surface area contributed by atoms with Gasteiger partial charge < -0.3 is 5.11 Å². The minimum atomic E-state index is 0. The van der Waals surface area contributed by atoms with E-state index >= 15 is 0 Å². The van der Waals surface area contributed by atoms with Crippen LogP contribution in [-0.4, -0.2) is 11.4 Å². The largest absolute Gasteiger partial charge is 0.507 e. The van der Waals surface area contributed by atoms with Gasteiger partial charge in [0.1, 0.15) is 5.75 Å². The molecular weight excluding hydrogens is 270 g/mol. The zero-order chi connectivity index (χ0) is 6.69. The first-order valence-corrected chi connectivity index (χ1v) is 2.58. The fourth-order valence-corrected chi connectivity index (χ4v) is 0.587. The molecule has 0 amide bonds. The average molecular weight is 279 g/mol. The Kier molecular flexibility index (Phi) is 22.0. The van der Waals surface area contributed by atoms with Crippen molar-refractivity contribution in [2.45, 2.75) is 0 Å². The van der Waals surface area contributed by atoms with Crippen LogP contribution in [0.5, 0.6) is 5.75 Å². The first kappa shape index (κ1) is 23.3. The SMILES string of the molecule is Cl.Cl.Cl.O=Cc1ccccc1O.[Ti]. The Morgan fingerprint density at radius 2 is 1.54 bits per heavy atom. The van der Waals surface area contributed by atoms with Crippen LogP contribution >= 0.6 is 37.2 Å². The van der Waals surface area contributed by atoms with Crippen LogP contribution < -0.4 is 0 Å². The fraction of sp³-hybridized carbons (Fsp3) is 0. The molecule has 0 heterocycles. The number of rotatable bonds is 1. The minimum Gasteiger partial charge on any atom is -0.507 e. The Morgan fingerprint density at radius 1 is 1.08 bits per heavy atom. The van der Waals surface area contributed by atoms with Crippen LogP contribution in [0.3, 0.4) is 0 Å². The molecule has 0 fully saturated rings. The molecule has 0 aromatic heterocycles. The molecule has 2 nitrogen and oxygen atoms in total. The summed E-state index contributed by atoms with van der Waals surface area (Å²) in [7, 11) is 0. The maximum atomic E-state index is 10.1. The van der Waals surface area contributed by atoms with Gasteiger partial charge in [-0.2, -0.15) is 0 Å². The number of benzene rings is 1. The molecular formula is C7H9Cl3O2Ti. The molecule has 0 atom stereocenters. The number of carbonyl (C=O) groups excluding carboxylic acids is 1. The first-order chi connectivity index (χ1) is 4.34. The molecule has 6 heteroatoms. The van der Waals surface area contributed by atoms with Gasteiger partial charge in [0.05, 0.1) is 5.56 Å². The van der Waals surface area contributed by atoms with Gasteiger partial charge in [-0.1, -0.05) is 12.1 Å². The summed E-state index contributed by atoms with van der Waals surface area (Å²) in [6.45, 7) is 0. The summed E-state index contributed by atoms with van der Waals surface area (Å²) in [5.41, 5.74) is 0.331. The zero-order valence-electron chi connectivity index (χ0n) is 6.47. The summed E-state index contributed by atoms with van der Waals surface area (Å²) in [6, 6.07) is 6.40. The fourth-order valence-electron chi connectivity index (χ4n) is 0.587. The molecule has 0 spiro atoms. The average Bonchev–Trinajstić information content (AvgIpc) is 1.89. The van der Waals surface area contributed by atoms with Crippen LogP contribution in [0, 0.1) is 0 Å². The molecule has 74 valence electrons. The van der Waals surface area contributed by atoms with E-state index in [-0.39, 0.29) is 64.7 Å². The van der Waals surface area contributed by atoms with E-state index in [0.29, 0.717) is 11.8 Å². The quantitative estimate of drug-likeness (QED) is 0.633. The van der Waals surface area contributed by atoms with Crippen LogP contribution in [0.25, 0.3) is 0 Å². The molecule has 0 radical (unpaired) electrons. The van der Waals surface area contributed by atoms with E-state index in [4.69, 9.17) is 5.11 Å². The molecule has 1 rings (SSSR count). The molecule has 0 aliphatic rings. The van der Waals surface area contributed by atoms with Gasteiger partial charge in [-0.25, -0.2) is 0 Å². The third-order valence-corrected chi connectivity index (χ3v) is 1.06. The summed E-state index contributed by atoms with van der Waals surface area (Å²) in [5, 5.41) is 8.88. The van der Waals surface area contributed by atoms with Crippen LogP contribution in [0.4, 0.5) is 0 Å². The predicted octanol–water partition coefficient (Wildman–Crippen LogP) is 2.47. The van der Waals surface area contributed by atoms with Crippen molar-refractivity contribution in [3.63, 3.8) is 0 Å². The second-order valence-corrected chi connectivity index (χ2v) is 1.68. The molecule has 0 aliphatic heterocycles. The van der Waals surface area contributed by atoms with Crippen molar-refractivity contribution in [2.24, 2.45) is 0 Å². The number of aldehydes is 1. The molecule has 0 bridgehead atoms. The number of hydrogen-bond donors (Lipinski definition) is 1. The van der Waals surface area contributed by atoms with Crippen LogP contribution in [-0.2, 0) is 21.7 Å². The maximum Gasteiger partial charge on any atom is 0.153 e. The predicted molar refractivity (Wildman–Crippen MR) is 55.2 cm³/mol. The van der Waals surface area contributed by atoms with Crippen molar-refractivity contribution in [1.82, 2.24) is 0 Å². The van der Waals surface area contributed by atoms with Crippen molar-refractivity contribution >= 4 is 43.5 Å². The summed E-state index contributed by atoms with van der Waals surface area (Å²) in [6.07, 6.45) is 0.620. The van der Waals surface area contributed by atoms with Gasteiger partial charge in [-0.3, -0.25) is 4.79 Å². The van der Waals surface area contributed by atoms with E-state index < -0.39 is 0 Å². The molecule has 0 saturated heterocycles. The van der Waals surface area contributed by atoms with Crippen molar-refractivity contribution < 1.29 is 31.6 Å². The Hall–Kier alpha value is 0.274. The zero-order valence-corrected chi connectivity index (χ0v) is 10.5. The Labute approximate surface area is 110 Å². The normalized spacial score (nSPS) is 6.15. The number of phenols is 1. The smallest absolute Gasteiger partial charge is 0.153 e. The molecule has 0 aliphatic carbocycles. The van der Waals surface area contributed by atoms with E-state index in [9.17, 15) is 4.79 Å². The molecule has 0 saturated carbocycles. The molecule has 1 aromatic carbocycles. The molecule has 1 aromatic rings. The number of para-hydroxylation sites is 1. The number of phenolic OH excluding ortho intramolecular Hbond substituents is 1. The van der Waals surface area contributed by atoms with E-state index in [1.165, 1.54) is 6.07 Å². The van der Waals surface area contributed by atoms with Crippen LogP contribution in [0.15, 0.2) is 24.3 Å². The van der Waals surface area contributed by atoms with Crippen LogP contribution in [0.2, 0.25) is 0 Å². The van der Waals surface area contributed by atoms with Gasteiger partial charge >= 0.3 is 0 Å². The summed E-state index contributed by atoms with van der Waals surface area (Å²) in [5.74, 6) is 0.0347. The van der Waals surface area contributed by atoms with Crippen molar-refractivity contribution in [3.8, 4) is 5.75 Å². The summed E-state index contributed by atoms with van der Waals surface area (Å²) < 4.78 is 0. The molecule has 0 unspecified atom stereocenters. The van der Waals surface area contributed by atoms with E-state index in [0.717, 1.165) is 0 Å². The number of hydrogen-bond acceptors (Lipinski definition) is 2. The number of aromatic hydroxyl groups is 1. The molecule has 13 heavy (non-hydrogen) atoms. The summed E-state index contributed by atoms with van der Waals surface area (Å²) >= 11 is 0. The number of carbonyl (C=O) groups is 1. The Morgan fingerprint density at radius 3 is 1.85 bits per heavy atom. The van der Waals surface area contributed by atoms with E-state index in [1.54, 1.807) is 18.2 Å². The van der Waals surface area contributed by atoms with Crippen molar-refractivity contribution in [1.29, 1.82) is 0 Å². The Bertz CT molecular complexity index is 233. The van der Waals surface area contributed by atoms with Gasteiger partial charge in [-0.15, -0.1) is 37.2 Å². The van der Waals surface area contributed by atoms with E-state index in [2.05, 4.69) is 0 Å². The topological polar surface area (TPSA) is 37.3 Å². The van der Waals surface area contributed by atoms with Gasteiger partial charge in [-0.05, 0) is 12.1 Å². The van der Waals surface area contributed by atoms with Crippen molar-refractivity contribution in [2.75, 3.05) is 0 Å². The second kappa shape index (κ2) is 12.3. The standard InChI is InChI=1S/C7H6O2.3ClH.Ti/c8-5-6-3-1-2-4-7(6)9;;;;/h1-5,9H;3*1H;. The Balaban J connectivity index is -0.000000101. The minimum absolute atomic E-state index is 0. The summed E-state index contributed by atoms with van der Waals surface area (Å²) in [4.78, 5) is 10.1. The second-order valence-electron chi connectivity index (χ2n) is 1.68. The van der Waals surface area contributed by atoms with Gasteiger partial charge in [0, 0.05) is 21.7 Å². The van der Waals surface area contributed by atoms with Gasteiger partial charge in [0.25, 0.3) is 0 Å². The maximum absolute atomic E-state index is 10.1. The van der Waals surface area contributed by atoms with Gasteiger partial charge in [0.2, 0.25) is 0 Å². The third kappa shape index (κ3) is 7.35. The van der Waals surface area contributed by atoms with Crippen LogP contribution in [0.1, 0.15) is 10.4 Å². The first-order valence-electron chi connectivity index (χ1n) is 2.58. The van der Waals surface area contributed by atoms with E-state index in [1.807, 2.05) is 0 Å². The van der Waals surface area contributed by atoms with Crippen molar-refractivity contribution in [3.05, 3.63) is 29.8 Å².